The molecule has 0 spiro atoms. The van der Waals surface area contributed by atoms with Gasteiger partial charge in [-0.1, -0.05) is 42.5 Å². The van der Waals surface area contributed by atoms with E-state index in [1.54, 1.807) is 54.9 Å². The van der Waals surface area contributed by atoms with Crippen LogP contribution in [0.2, 0.25) is 0 Å². The zero-order valence-electron chi connectivity index (χ0n) is 13.8. The molecule has 0 amide bonds. The molecule has 5 heteroatoms. The summed E-state index contributed by atoms with van der Waals surface area (Å²) < 4.78 is 0. The number of hydrogen-bond donors (Lipinski definition) is 2. The molecule has 0 saturated heterocycles. The van der Waals surface area contributed by atoms with E-state index in [1.807, 2.05) is 24.3 Å². The summed E-state index contributed by atoms with van der Waals surface area (Å²) in [7, 11) is 0. The molecular weight excluding hydrogens is 326 g/mol. The standard InChI is InChI=1S/C21H15N3O2/c25-17-11-5-4-10-16(17)20-18(21(26)14-7-2-1-3-8-14)19(23-24-20)15-9-6-12-22-13-15/h1-13,25H,(H,23,24). The van der Waals surface area contributed by atoms with Gasteiger partial charge < -0.3 is 5.11 Å². The second kappa shape index (κ2) is 6.64. The third-order valence-corrected chi connectivity index (χ3v) is 4.14. The SMILES string of the molecule is O=C(c1ccccc1)c1c(-c2cccnc2)n[nH]c1-c1ccccc1O. The first-order chi connectivity index (χ1) is 12.8. The maximum absolute atomic E-state index is 13.2. The molecule has 2 aromatic heterocycles. The van der Waals surface area contributed by atoms with Crippen molar-refractivity contribution in [1.29, 1.82) is 0 Å². The van der Waals surface area contributed by atoms with Crippen LogP contribution < -0.4 is 0 Å². The number of pyridine rings is 1. The predicted octanol–water partition coefficient (Wildman–Crippen LogP) is 4.08. The number of phenols is 1. The molecule has 26 heavy (non-hydrogen) atoms. The number of aromatic amines is 1. The van der Waals surface area contributed by atoms with E-state index in [9.17, 15) is 9.90 Å². The lowest BCUT2D eigenvalue weighted by molar-refractivity contribution is 0.104. The zero-order chi connectivity index (χ0) is 17.9. The molecule has 0 aliphatic rings. The zero-order valence-corrected chi connectivity index (χ0v) is 13.8. The number of aromatic nitrogens is 3. The quantitative estimate of drug-likeness (QED) is 0.548. The van der Waals surface area contributed by atoms with Gasteiger partial charge in [-0.3, -0.25) is 14.9 Å². The van der Waals surface area contributed by atoms with E-state index in [0.29, 0.717) is 28.1 Å². The fourth-order valence-electron chi connectivity index (χ4n) is 2.89. The Kier molecular flexibility index (Phi) is 4.03. The molecule has 0 atom stereocenters. The van der Waals surface area contributed by atoms with E-state index >= 15 is 0 Å². The van der Waals surface area contributed by atoms with Gasteiger partial charge in [0, 0.05) is 29.1 Å². The van der Waals surface area contributed by atoms with Crippen LogP contribution in [0.1, 0.15) is 15.9 Å². The highest BCUT2D eigenvalue weighted by Crippen LogP contribution is 2.35. The molecule has 2 heterocycles. The summed E-state index contributed by atoms with van der Waals surface area (Å²) in [6.45, 7) is 0. The molecule has 0 aliphatic heterocycles. The summed E-state index contributed by atoms with van der Waals surface area (Å²) in [4.78, 5) is 17.4. The van der Waals surface area contributed by atoms with Gasteiger partial charge >= 0.3 is 0 Å². The van der Waals surface area contributed by atoms with Gasteiger partial charge in [0.15, 0.2) is 5.78 Å². The molecule has 126 valence electrons. The van der Waals surface area contributed by atoms with Crippen LogP contribution in [0.15, 0.2) is 79.1 Å². The van der Waals surface area contributed by atoms with Gasteiger partial charge in [-0.25, -0.2) is 0 Å². The largest absolute Gasteiger partial charge is 0.507 e. The lowest BCUT2D eigenvalue weighted by Gasteiger charge is -2.07. The van der Waals surface area contributed by atoms with Gasteiger partial charge in [0.2, 0.25) is 0 Å². The van der Waals surface area contributed by atoms with Crippen LogP contribution in [0.4, 0.5) is 0 Å². The Bertz CT molecular complexity index is 1060. The Morgan fingerprint density at radius 1 is 0.923 bits per heavy atom. The summed E-state index contributed by atoms with van der Waals surface area (Å²) in [5.74, 6) is -0.0903. The maximum atomic E-state index is 13.2. The average molecular weight is 341 g/mol. The monoisotopic (exact) mass is 341 g/mol. The predicted molar refractivity (Wildman–Crippen MR) is 98.8 cm³/mol. The minimum absolute atomic E-state index is 0.0796. The molecule has 0 radical (unpaired) electrons. The summed E-state index contributed by atoms with van der Waals surface area (Å²) in [6, 6.07) is 19.5. The number of hydrogen-bond acceptors (Lipinski definition) is 4. The van der Waals surface area contributed by atoms with Crippen molar-refractivity contribution in [2.24, 2.45) is 0 Å². The topological polar surface area (TPSA) is 78.9 Å². The molecule has 4 rings (SSSR count). The first kappa shape index (κ1) is 15.8. The van der Waals surface area contributed by atoms with E-state index in [-0.39, 0.29) is 11.5 Å². The first-order valence-electron chi connectivity index (χ1n) is 8.12. The number of nitrogens with zero attached hydrogens (tertiary/aromatic N) is 2. The van der Waals surface area contributed by atoms with Crippen molar-refractivity contribution in [3.8, 4) is 28.3 Å². The van der Waals surface area contributed by atoms with E-state index < -0.39 is 0 Å². The molecule has 0 aliphatic carbocycles. The molecular formula is C21H15N3O2. The second-order valence-corrected chi connectivity index (χ2v) is 5.78. The minimum atomic E-state index is -0.170. The molecule has 5 nitrogen and oxygen atoms in total. The fraction of sp³-hybridized carbons (Fsp3) is 0. The van der Waals surface area contributed by atoms with Crippen LogP contribution >= 0.6 is 0 Å². The summed E-state index contributed by atoms with van der Waals surface area (Å²) in [6.07, 6.45) is 3.32. The number of phenolic OH excluding ortho intramolecular Hbond substituents is 1. The number of aromatic hydroxyl groups is 1. The first-order valence-corrected chi connectivity index (χ1v) is 8.12. The summed E-state index contributed by atoms with van der Waals surface area (Å²) in [5.41, 5.74) is 3.20. The highest BCUT2D eigenvalue weighted by Gasteiger charge is 2.24. The van der Waals surface area contributed by atoms with Gasteiger partial charge in [-0.2, -0.15) is 5.10 Å². The van der Waals surface area contributed by atoms with Crippen LogP contribution in [0, 0.1) is 0 Å². The molecule has 2 aromatic carbocycles. The van der Waals surface area contributed by atoms with Crippen molar-refractivity contribution in [1.82, 2.24) is 15.2 Å². The Morgan fingerprint density at radius 2 is 1.69 bits per heavy atom. The number of ketones is 1. The number of H-pyrrole nitrogens is 1. The molecule has 0 bridgehead atoms. The fourth-order valence-corrected chi connectivity index (χ4v) is 2.89. The molecule has 2 N–H and O–H groups in total. The number of rotatable bonds is 4. The van der Waals surface area contributed by atoms with E-state index in [2.05, 4.69) is 15.2 Å². The van der Waals surface area contributed by atoms with Crippen LogP contribution in [0.25, 0.3) is 22.5 Å². The van der Waals surface area contributed by atoms with Crippen molar-refractivity contribution in [2.45, 2.75) is 0 Å². The van der Waals surface area contributed by atoms with E-state index in [1.165, 1.54) is 0 Å². The van der Waals surface area contributed by atoms with Gasteiger partial charge in [0.05, 0.1) is 11.3 Å². The van der Waals surface area contributed by atoms with E-state index in [0.717, 1.165) is 5.56 Å². The molecule has 4 aromatic rings. The van der Waals surface area contributed by atoms with Crippen molar-refractivity contribution < 1.29 is 9.90 Å². The summed E-state index contributed by atoms with van der Waals surface area (Å²) >= 11 is 0. The van der Waals surface area contributed by atoms with Crippen molar-refractivity contribution in [3.63, 3.8) is 0 Å². The number of carbonyl (C=O) groups excluding carboxylic acids is 1. The summed E-state index contributed by atoms with van der Waals surface area (Å²) in [5, 5.41) is 17.5. The van der Waals surface area contributed by atoms with Crippen LogP contribution in [-0.4, -0.2) is 26.1 Å². The van der Waals surface area contributed by atoms with Gasteiger partial charge in [-0.15, -0.1) is 0 Å². The number of carbonyl (C=O) groups is 1. The van der Waals surface area contributed by atoms with Gasteiger partial charge in [-0.05, 0) is 24.3 Å². The van der Waals surface area contributed by atoms with Crippen LogP contribution in [-0.2, 0) is 0 Å². The Morgan fingerprint density at radius 3 is 2.42 bits per heavy atom. The highest BCUT2D eigenvalue weighted by atomic mass is 16.3. The number of para-hydroxylation sites is 1. The number of benzene rings is 2. The van der Waals surface area contributed by atoms with Crippen molar-refractivity contribution in [2.75, 3.05) is 0 Å². The van der Waals surface area contributed by atoms with E-state index in [4.69, 9.17) is 0 Å². The van der Waals surface area contributed by atoms with Crippen LogP contribution in [0.5, 0.6) is 5.75 Å². The van der Waals surface area contributed by atoms with Crippen LogP contribution in [0.3, 0.4) is 0 Å². The smallest absolute Gasteiger partial charge is 0.197 e. The van der Waals surface area contributed by atoms with Crippen molar-refractivity contribution >= 4 is 5.78 Å². The Hall–Kier alpha value is -3.73. The maximum Gasteiger partial charge on any atom is 0.197 e. The van der Waals surface area contributed by atoms with Gasteiger partial charge in [0.1, 0.15) is 11.4 Å². The third-order valence-electron chi connectivity index (χ3n) is 4.14. The molecule has 0 fully saturated rings. The average Bonchev–Trinajstić information content (AvgIpc) is 3.14. The molecule has 0 saturated carbocycles. The number of nitrogens with one attached hydrogen (secondary N) is 1. The lowest BCUT2D eigenvalue weighted by Crippen LogP contribution is -2.04. The molecule has 0 unspecified atom stereocenters. The van der Waals surface area contributed by atoms with Crippen molar-refractivity contribution in [3.05, 3.63) is 90.3 Å². The normalized spacial score (nSPS) is 10.6. The third kappa shape index (κ3) is 2.75. The van der Waals surface area contributed by atoms with Gasteiger partial charge in [0.25, 0.3) is 0 Å². The Labute approximate surface area is 150 Å². The highest BCUT2D eigenvalue weighted by molar-refractivity contribution is 6.16. The lowest BCUT2D eigenvalue weighted by atomic mass is 9.95. The second-order valence-electron chi connectivity index (χ2n) is 5.78. The minimum Gasteiger partial charge on any atom is -0.507 e. The Balaban J connectivity index is 1.95.